The predicted molar refractivity (Wildman–Crippen MR) is 86.9 cm³/mol. The highest BCUT2D eigenvalue weighted by Gasteiger charge is 2.34. The first-order valence-corrected chi connectivity index (χ1v) is 9.47. The fraction of sp³-hybridized carbons (Fsp3) is 0.286. The van der Waals surface area contributed by atoms with Gasteiger partial charge in [0.05, 0.1) is 22.0 Å². The number of carbonyl (C=O) groups excluding carboxylic acids is 1. The minimum Gasteiger partial charge on any atom is -0.310 e. The number of carbonyl (C=O) groups is 1. The Bertz CT molecular complexity index is 854. The smallest absolute Gasteiger partial charge is 0.232 e. The van der Waals surface area contributed by atoms with Gasteiger partial charge >= 0.3 is 0 Å². The SMILES string of the molecule is O=C1CC(CS(=O)(=O)Cl)CN1c1c(Cl)ccc2ncccc12. The van der Waals surface area contributed by atoms with Crippen LogP contribution in [0.25, 0.3) is 10.9 Å². The van der Waals surface area contributed by atoms with Crippen molar-refractivity contribution in [2.24, 2.45) is 5.92 Å². The number of aromatic nitrogens is 1. The van der Waals surface area contributed by atoms with Crippen molar-refractivity contribution in [1.82, 2.24) is 4.98 Å². The second-order valence-electron chi connectivity index (χ2n) is 5.25. The lowest BCUT2D eigenvalue weighted by molar-refractivity contribution is -0.117. The van der Waals surface area contributed by atoms with Gasteiger partial charge in [-0.3, -0.25) is 9.78 Å². The van der Waals surface area contributed by atoms with Crippen molar-refractivity contribution in [3.05, 3.63) is 35.5 Å². The van der Waals surface area contributed by atoms with Crippen molar-refractivity contribution < 1.29 is 13.2 Å². The number of nitrogens with zero attached hydrogens (tertiary/aromatic N) is 2. The Morgan fingerprint density at radius 1 is 1.32 bits per heavy atom. The number of benzene rings is 1. The largest absolute Gasteiger partial charge is 0.310 e. The molecule has 0 N–H and O–H groups in total. The standard InChI is InChI=1S/C14H12Cl2N2O3S/c15-11-3-4-12-10(2-1-5-17-12)14(11)18-7-9(6-13(18)19)8-22(16,20)21/h1-5,9H,6-8H2. The predicted octanol–water partition coefficient (Wildman–Crippen LogP) is 2.81. The highest BCUT2D eigenvalue weighted by Crippen LogP contribution is 2.37. The Morgan fingerprint density at radius 3 is 2.82 bits per heavy atom. The number of fused-ring (bicyclic) bond motifs is 1. The first-order chi connectivity index (χ1) is 10.3. The summed E-state index contributed by atoms with van der Waals surface area (Å²) in [5.41, 5.74) is 1.30. The van der Waals surface area contributed by atoms with E-state index < -0.39 is 9.05 Å². The highest BCUT2D eigenvalue weighted by atomic mass is 35.7. The minimum atomic E-state index is -3.64. The average Bonchev–Trinajstić information content (AvgIpc) is 2.77. The van der Waals surface area contributed by atoms with Gasteiger partial charge in [0.2, 0.25) is 15.0 Å². The Kier molecular flexibility index (Phi) is 4.01. The maximum absolute atomic E-state index is 12.3. The Labute approximate surface area is 137 Å². The summed E-state index contributed by atoms with van der Waals surface area (Å²) < 4.78 is 22.4. The molecule has 1 saturated heterocycles. The van der Waals surface area contributed by atoms with E-state index in [0.29, 0.717) is 10.7 Å². The highest BCUT2D eigenvalue weighted by molar-refractivity contribution is 8.13. The van der Waals surface area contributed by atoms with E-state index in [1.54, 1.807) is 24.4 Å². The molecule has 0 radical (unpaired) electrons. The molecular formula is C14H12Cl2N2O3S. The van der Waals surface area contributed by atoms with Crippen LogP contribution in [0.3, 0.4) is 0 Å². The molecule has 0 bridgehead atoms. The van der Waals surface area contributed by atoms with E-state index in [-0.39, 0.29) is 30.5 Å². The van der Waals surface area contributed by atoms with Crippen molar-refractivity contribution in [3.63, 3.8) is 0 Å². The molecule has 2 heterocycles. The number of anilines is 1. The number of amides is 1. The Hall–Kier alpha value is -1.37. The van der Waals surface area contributed by atoms with E-state index in [0.717, 1.165) is 10.9 Å². The van der Waals surface area contributed by atoms with Crippen LogP contribution < -0.4 is 4.90 Å². The monoisotopic (exact) mass is 358 g/mol. The summed E-state index contributed by atoms with van der Waals surface area (Å²) in [4.78, 5) is 18.0. The van der Waals surface area contributed by atoms with E-state index in [9.17, 15) is 13.2 Å². The van der Waals surface area contributed by atoms with Crippen LogP contribution in [0.15, 0.2) is 30.5 Å². The quantitative estimate of drug-likeness (QED) is 0.791. The third-order valence-corrected chi connectivity index (χ3v) is 5.17. The number of hydrogen-bond donors (Lipinski definition) is 0. The van der Waals surface area contributed by atoms with Crippen LogP contribution in [0.1, 0.15) is 6.42 Å². The lowest BCUT2D eigenvalue weighted by Gasteiger charge is -2.20. The zero-order chi connectivity index (χ0) is 15.9. The molecule has 1 aromatic carbocycles. The Morgan fingerprint density at radius 2 is 2.09 bits per heavy atom. The molecule has 1 fully saturated rings. The molecule has 1 amide bonds. The second-order valence-corrected chi connectivity index (χ2v) is 8.47. The van der Waals surface area contributed by atoms with Gasteiger partial charge in [0.15, 0.2) is 0 Å². The van der Waals surface area contributed by atoms with Crippen molar-refractivity contribution >= 4 is 53.8 Å². The maximum atomic E-state index is 12.3. The molecule has 22 heavy (non-hydrogen) atoms. The molecule has 1 aliphatic rings. The third-order valence-electron chi connectivity index (χ3n) is 3.62. The molecule has 8 heteroatoms. The first kappa shape index (κ1) is 15.5. The van der Waals surface area contributed by atoms with Crippen LogP contribution in [-0.2, 0) is 13.8 Å². The number of rotatable bonds is 3. The molecule has 0 saturated carbocycles. The maximum Gasteiger partial charge on any atom is 0.232 e. The summed E-state index contributed by atoms with van der Waals surface area (Å²) in [7, 11) is 1.65. The van der Waals surface area contributed by atoms with Crippen molar-refractivity contribution in [3.8, 4) is 0 Å². The van der Waals surface area contributed by atoms with Gasteiger partial charge in [0.1, 0.15) is 0 Å². The van der Waals surface area contributed by atoms with Gasteiger partial charge in [-0.25, -0.2) is 8.42 Å². The zero-order valence-corrected chi connectivity index (χ0v) is 13.7. The number of pyridine rings is 1. The number of halogens is 2. The molecular weight excluding hydrogens is 347 g/mol. The summed E-state index contributed by atoms with van der Waals surface area (Å²) in [6.07, 6.45) is 1.80. The van der Waals surface area contributed by atoms with Crippen molar-refractivity contribution in [1.29, 1.82) is 0 Å². The van der Waals surface area contributed by atoms with E-state index in [1.807, 2.05) is 6.07 Å². The van der Waals surface area contributed by atoms with Gasteiger partial charge < -0.3 is 4.90 Å². The van der Waals surface area contributed by atoms with Crippen LogP contribution in [0.4, 0.5) is 5.69 Å². The molecule has 1 aliphatic heterocycles. The lowest BCUT2D eigenvalue weighted by atomic mass is 10.1. The molecule has 0 spiro atoms. The van der Waals surface area contributed by atoms with Crippen LogP contribution >= 0.6 is 22.3 Å². The molecule has 2 aromatic rings. The topological polar surface area (TPSA) is 67.3 Å². The average molecular weight is 359 g/mol. The molecule has 116 valence electrons. The van der Waals surface area contributed by atoms with Gasteiger partial charge in [-0.1, -0.05) is 11.6 Å². The van der Waals surface area contributed by atoms with Crippen LogP contribution in [0.2, 0.25) is 5.02 Å². The van der Waals surface area contributed by atoms with Gasteiger partial charge in [-0.15, -0.1) is 0 Å². The molecule has 1 unspecified atom stereocenters. The molecule has 1 atom stereocenters. The summed E-state index contributed by atoms with van der Waals surface area (Å²) >= 11 is 6.26. The van der Waals surface area contributed by atoms with Gasteiger partial charge in [-0.2, -0.15) is 0 Å². The van der Waals surface area contributed by atoms with Crippen molar-refractivity contribution in [2.75, 3.05) is 17.2 Å². The zero-order valence-electron chi connectivity index (χ0n) is 11.4. The molecule has 3 rings (SSSR count). The summed E-state index contributed by atoms with van der Waals surface area (Å²) in [6, 6.07) is 7.07. The Balaban J connectivity index is 2.01. The van der Waals surface area contributed by atoms with Crippen LogP contribution in [0.5, 0.6) is 0 Å². The lowest BCUT2D eigenvalue weighted by Crippen LogP contribution is -2.26. The molecule has 0 aliphatic carbocycles. The molecule has 1 aromatic heterocycles. The van der Waals surface area contributed by atoms with E-state index in [4.69, 9.17) is 22.3 Å². The van der Waals surface area contributed by atoms with E-state index >= 15 is 0 Å². The normalized spacial score (nSPS) is 19.1. The van der Waals surface area contributed by atoms with E-state index in [1.165, 1.54) is 4.90 Å². The summed E-state index contributed by atoms with van der Waals surface area (Å²) in [6.45, 7) is 0.276. The molecule has 5 nitrogen and oxygen atoms in total. The van der Waals surface area contributed by atoms with Crippen LogP contribution in [-0.4, -0.2) is 31.6 Å². The summed E-state index contributed by atoms with van der Waals surface area (Å²) in [5, 5.41) is 1.20. The third kappa shape index (κ3) is 3.04. The van der Waals surface area contributed by atoms with Gasteiger partial charge in [-0.05, 0) is 24.3 Å². The van der Waals surface area contributed by atoms with Crippen molar-refractivity contribution in [2.45, 2.75) is 6.42 Å². The fourth-order valence-electron chi connectivity index (χ4n) is 2.78. The number of hydrogen-bond acceptors (Lipinski definition) is 4. The second kappa shape index (κ2) is 5.68. The summed E-state index contributed by atoms with van der Waals surface area (Å²) in [5.74, 6) is -0.723. The minimum absolute atomic E-state index is 0.138. The van der Waals surface area contributed by atoms with Gasteiger partial charge in [0, 0.05) is 41.1 Å². The fourth-order valence-corrected chi connectivity index (χ4v) is 4.36. The van der Waals surface area contributed by atoms with Gasteiger partial charge in [0.25, 0.3) is 0 Å². The first-order valence-electron chi connectivity index (χ1n) is 6.61. The van der Waals surface area contributed by atoms with Crippen LogP contribution in [0, 0.1) is 5.92 Å². The van der Waals surface area contributed by atoms with E-state index in [2.05, 4.69) is 4.98 Å².